The van der Waals surface area contributed by atoms with Crippen molar-refractivity contribution in [2.75, 3.05) is 59.0 Å². The fraction of sp³-hybridized carbons (Fsp3) is 0.529. The molecule has 2 heterocycles. The topological polar surface area (TPSA) is 54.3 Å². The summed E-state index contributed by atoms with van der Waals surface area (Å²) in [5, 5.41) is 0. The molecule has 7 heteroatoms. The van der Waals surface area contributed by atoms with Crippen LogP contribution in [0.1, 0.15) is 10.4 Å². The SMILES string of the molecule is O=C(C[NH+]1CCN(C(=O)c2ccccc2Br)CC1)N1CCOCC1. The lowest BCUT2D eigenvalue weighted by molar-refractivity contribution is -0.896. The maximum atomic E-state index is 12.6. The van der Waals surface area contributed by atoms with E-state index in [-0.39, 0.29) is 11.8 Å². The summed E-state index contributed by atoms with van der Waals surface area (Å²) in [4.78, 5) is 29.9. The number of hydrogen-bond acceptors (Lipinski definition) is 3. The summed E-state index contributed by atoms with van der Waals surface area (Å²) in [7, 11) is 0. The van der Waals surface area contributed by atoms with Gasteiger partial charge in [-0.05, 0) is 28.1 Å². The van der Waals surface area contributed by atoms with Crippen LogP contribution >= 0.6 is 15.9 Å². The van der Waals surface area contributed by atoms with E-state index in [1.807, 2.05) is 34.1 Å². The van der Waals surface area contributed by atoms with Gasteiger partial charge in [0.1, 0.15) is 0 Å². The second kappa shape index (κ2) is 8.09. The maximum Gasteiger partial charge on any atom is 0.277 e. The van der Waals surface area contributed by atoms with Gasteiger partial charge in [0.15, 0.2) is 6.54 Å². The molecule has 2 amide bonds. The Hall–Kier alpha value is -1.44. The van der Waals surface area contributed by atoms with Gasteiger partial charge in [0.05, 0.1) is 45.0 Å². The number of morpholine rings is 1. The first-order chi connectivity index (χ1) is 11.6. The predicted octanol–water partition coefficient (Wildman–Crippen LogP) is -0.351. The summed E-state index contributed by atoms with van der Waals surface area (Å²) < 4.78 is 6.11. The molecule has 24 heavy (non-hydrogen) atoms. The Morgan fingerprint density at radius 3 is 2.38 bits per heavy atom. The number of rotatable bonds is 3. The number of halogens is 1. The van der Waals surface area contributed by atoms with E-state index in [1.54, 1.807) is 0 Å². The van der Waals surface area contributed by atoms with Gasteiger partial charge in [0.25, 0.3) is 11.8 Å². The molecule has 0 bridgehead atoms. The number of benzene rings is 1. The molecule has 2 fully saturated rings. The molecular weight excluding hydrogens is 374 g/mol. The fourth-order valence-corrected chi connectivity index (χ4v) is 3.60. The van der Waals surface area contributed by atoms with E-state index in [9.17, 15) is 9.59 Å². The zero-order chi connectivity index (χ0) is 16.9. The Bertz CT molecular complexity index is 596. The molecule has 2 aliphatic heterocycles. The van der Waals surface area contributed by atoms with Crippen molar-refractivity contribution in [1.29, 1.82) is 0 Å². The molecular formula is C17H23BrN3O3+. The van der Waals surface area contributed by atoms with Crippen molar-refractivity contribution >= 4 is 27.7 Å². The average Bonchev–Trinajstić information content (AvgIpc) is 2.63. The van der Waals surface area contributed by atoms with Crippen LogP contribution in [0.5, 0.6) is 0 Å². The molecule has 130 valence electrons. The Morgan fingerprint density at radius 1 is 1.04 bits per heavy atom. The molecule has 6 nitrogen and oxygen atoms in total. The van der Waals surface area contributed by atoms with Crippen LogP contribution in [0.4, 0.5) is 0 Å². The summed E-state index contributed by atoms with van der Waals surface area (Å²) >= 11 is 3.44. The minimum absolute atomic E-state index is 0.0565. The number of hydrogen-bond donors (Lipinski definition) is 1. The van der Waals surface area contributed by atoms with E-state index in [2.05, 4.69) is 15.9 Å². The predicted molar refractivity (Wildman–Crippen MR) is 93.0 cm³/mol. The summed E-state index contributed by atoms with van der Waals surface area (Å²) in [5.41, 5.74) is 0.699. The number of nitrogens with one attached hydrogen (secondary N) is 1. The molecule has 0 unspecified atom stereocenters. The van der Waals surface area contributed by atoms with Gasteiger partial charge in [0.2, 0.25) is 0 Å². The molecule has 1 aromatic rings. The largest absolute Gasteiger partial charge is 0.378 e. The van der Waals surface area contributed by atoms with Gasteiger partial charge >= 0.3 is 0 Å². The van der Waals surface area contributed by atoms with E-state index in [1.165, 1.54) is 4.90 Å². The Labute approximate surface area is 150 Å². The Balaban J connectivity index is 1.49. The van der Waals surface area contributed by atoms with Crippen molar-refractivity contribution in [2.45, 2.75) is 0 Å². The standard InChI is InChI=1S/C17H22BrN3O3/c18-15-4-2-1-3-14(15)17(23)21-7-5-19(6-8-21)13-16(22)20-9-11-24-12-10-20/h1-4H,5-13H2/p+1. The molecule has 0 radical (unpaired) electrons. The molecule has 0 aromatic heterocycles. The van der Waals surface area contributed by atoms with Gasteiger partial charge < -0.3 is 19.4 Å². The monoisotopic (exact) mass is 396 g/mol. The van der Waals surface area contributed by atoms with Crippen LogP contribution < -0.4 is 4.90 Å². The van der Waals surface area contributed by atoms with Gasteiger partial charge in [-0.3, -0.25) is 9.59 Å². The molecule has 1 N–H and O–H groups in total. The van der Waals surface area contributed by atoms with E-state index >= 15 is 0 Å². The summed E-state index contributed by atoms with van der Waals surface area (Å²) in [6.07, 6.45) is 0. The van der Waals surface area contributed by atoms with Crippen molar-refractivity contribution in [3.8, 4) is 0 Å². The highest BCUT2D eigenvalue weighted by Crippen LogP contribution is 2.17. The third-order valence-corrected chi connectivity index (χ3v) is 5.32. The Kier molecular flexibility index (Phi) is 5.86. The maximum absolute atomic E-state index is 12.6. The van der Waals surface area contributed by atoms with E-state index < -0.39 is 0 Å². The highest BCUT2D eigenvalue weighted by atomic mass is 79.9. The summed E-state index contributed by atoms with van der Waals surface area (Å²) in [6, 6.07) is 7.50. The van der Waals surface area contributed by atoms with Crippen LogP contribution in [0.3, 0.4) is 0 Å². The van der Waals surface area contributed by atoms with Crippen LogP contribution in [0.2, 0.25) is 0 Å². The van der Waals surface area contributed by atoms with E-state index in [0.29, 0.717) is 51.5 Å². The first-order valence-electron chi connectivity index (χ1n) is 8.38. The normalized spacial score (nSPS) is 19.4. The van der Waals surface area contributed by atoms with Gasteiger partial charge in [-0.1, -0.05) is 12.1 Å². The van der Waals surface area contributed by atoms with Gasteiger partial charge in [-0.25, -0.2) is 0 Å². The highest BCUT2D eigenvalue weighted by molar-refractivity contribution is 9.10. The second-order valence-electron chi connectivity index (χ2n) is 6.19. The van der Waals surface area contributed by atoms with Gasteiger partial charge in [0, 0.05) is 17.6 Å². The van der Waals surface area contributed by atoms with Crippen molar-refractivity contribution in [2.24, 2.45) is 0 Å². The van der Waals surface area contributed by atoms with E-state index in [4.69, 9.17) is 4.74 Å². The van der Waals surface area contributed by atoms with Crippen molar-refractivity contribution in [3.63, 3.8) is 0 Å². The average molecular weight is 397 g/mol. The Morgan fingerprint density at radius 2 is 1.71 bits per heavy atom. The van der Waals surface area contributed by atoms with Crippen molar-refractivity contribution < 1.29 is 19.2 Å². The molecule has 1 aromatic carbocycles. The van der Waals surface area contributed by atoms with Crippen molar-refractivity contribution in [1.82, 2.24) is 9.80 Å². The number of quaternary nitrogens is 1. The number of amides is 2. The lowest BCUT2D eigenvalue weighted by Crippen LogP contribution is -3.15. The zero-order valence-electron chi connectivity index (χ0n) is 13.7. The molecule has 3 rings (SSSR count). The highest BCUT2D eigenvalue weighted by Gasteiger charge is 2.28. The van der Waals surface area contributed by atoms with Crippen LogP contribution in [-0.2, 0) is 9.53 Å². The third-order valence-electron chi connectivity index (χ3n) is 4.63. The first kappa shape index (κ1) is 17.4. The minimum atomic E-state index is 0.0565. The molecule has 2 saturated heterocycles. The lowest BCUT2D eigenvalue weighted by atomic mass is 10.2. The van der Waals surface area contributed by atoms with E-state index in [0.717, 1.165) is 17.6 Å². The molecule has 0 saturated carbocycles. The quantitative estimate of drug-likeness (QED) is 0.759. The van der Waals surface area contributed by atoms with Crippen molar-refractivity contribution in [3.05, 3.63) is 34.3 Å². The van der Waals surface area contributed by atoms with Crippen LogP contribution in [0.15, 0.2) is 28.7 Å². The number of ether oxygens (including phenoxy) is 1. The minimum Gasteiger partial charge on any atom is -0.378 e. The molecule has 0 spiro atoms. The first-order valence-corrected chi connectivity index (χ1v) is 9.17. The van der Waals surface area contributed by atoms with Gasteiger partial charge in [-0.15, -0.1) is 0 Å². The van der Waals surface area contributed by atoms with Gasteiger partial charge in [-0.2, -0.15) is 0 Å². The number of carbonyl (C=O) groups is 2. The molecule has 0 atom stereocenters. The molecule has 0 aliphatic carbocycles. The van der Waals surface area contributed by atoms with Crippen LogP contribution in [0, 0.1) is 0 Å². The fourth-order valence-electron chi connectivity index (χ4n) is 3.15. The van der Waals surface area contributed by atoms with Crippen LogP contribution in [0.25, 0.3) is 0 Å². The number of carbonyl (C=O) groups excluding carboxylic acids is 2. The third kappa shape index (κ3) is 4.15. The van der Waals surface area contributed by atoms with Crippen LogP contribution in [-0.4, -0.2) is 80.6 Å². The number of nitrogens with zero attached hydrogens (tertiary/aromatic N) is 2. The summed E-state index contributed by atoms with van der Waals surface area (Å²) in [5.74, 6) is 0.250. The second-order valence-corrected chi connectivity index (χ2v) is 7.05. The number of piperazine rings is 1. The molecule has 2 aliphatic rings. The summed E-state index contributed by atoms with van der Waals surface area (Å²) in [6.45, 7) is 6.16. The smallest absolute Gasteiger partial charge is 0.277 e. The lowest BCUT2D eigenvalue weighted by Gasteiger charge is -2.34. The zero-order valence-corrected chi connectivity index (χ0v) is 15.3.